The highest BCUT2D eigenvalue weighted by molar-refractivity contribution is 9.10. The van der Waals surface area contributed by atoms with Gasteiger partial charge < -0.3 is 5.32 Å². The molecule has 2 aromatic carbocycles. The molecule has 0 aliphatic carbocycles. The first-order valence-electron chi connectivity index (χ1n) is 8.49. The Kier molecular flexibility index (Phi) is 6.64. The number of nitrogens with zero attached hydrogens (tertiary/aromatic N) is 2. The molecule has 0 atom stereocenters. The first-order chi connectivity index (χ1) is 13.6. The van der Waals surface area contributed by atoms with E-state index in [0.29, 0.717) is 16.8 Å². The van der Waals surface area contributed by atoms with Crippen molar-refractivity contribution in [3.63, 3.8) is 0 Å². The zero-order valence-electron chi connectivity index (χ0n) is 14.8. The molecule has 0 aliphatic rings. The molecule has 0 radical (unpaired) electrons. The van der Waals surface area contributed by atoms with Gasteiger partial charge in [0.05, 0.1) is 12.3 Å². The van der Waals surface area contributed by atoms with E-state index >= 15 is 0 Å². The van der Waals surface area contributed by atoms with Crippen molar-refractivity contribution < 1.29 is 9.59 Å². The van der Waals surface area contributed by atoms with Gasteiger partial charge >= 0.3 is 0 Å². The van der Waals surface area contributed by atoms with E-state index in [2.05, 4.69) is 36.8 Å². The van der Waals surface area contributed by atoms with Crippen LogP contribution in [0.3, 0.4) is 0 Å². The Balaban J connectivity index is 1.73. The number of nitrogens with one attached hydrogen (secondary N) is 2. The topological polar surface area (TPSA) is 83.5 Å². The number of halogens is 1. The van der Waals surface area contributed by atoms with Crippen LogP contribution in [0.25, 0.3) is 0 Å². The molecule has 1 heterocycles. The highest BCUT2D eigenvalue weighted by atomic mass is 79.9. The second-order valence-corrected chi connectivity index (χ2v) is 6.71. The van der Waals surface area contributed by atoms with Crippen LogP contribution in [0.5, 0.6) is 0 Å². The zero-order chi connectivity index (χ0) is 19.8. The Morgan fingerprint density at radius 3 is 2.14 bits per heavy atom. The van der Waals surface area contributed by atoms with Crippen molar-refractivity contribution in [2.24, 2.45) is 5.10 Å². The number of hydrogen-bond donors (Lipinski definition) is 2. The lowest BCUT2D eigenvalue weighted by molar-refractivity contribution is 0.0951. The van der Waals surface area contributed by atoms with Gasteiger partial charge in [-0.3, -0.25) is 14.6 Å². The van der Waals surface area contributed by atoms with Crippen LogP contribution in [0, 0.1) is 0 Å². The number of hydrogen-bond acceptors (Lipinski definition) is 4. The fourth-order valence-electron chi connectivity index (χ4n) is 2.39. The summed E-state index contributed by atoms with van der Waals surface area (Å²) in [5, 5.41) is 7.06. The third kappa shape index (κ3) is 5.34. The molecule has 2 amide bonds. The molecule has 28 heavy (non-hydrogen) atoms. The average molecular weight is 437 g/mol. The predicted molar refractivity (Wildman–Crippen MR) is 111 cm³/mol. The van der Waals surface area contributed by atoms with E-state index < -0.39 is 0 Å². The van der Waals surface area contributed by atoms with Gasteiger partial charge in [0.25, 0.3) is 11.8 Å². The van der Waals surface area contributed by atoms with Crippen molar-refractivity contribution in [1.82, 2.24) is 15.7 Å². The largest absolute Gasteiger partial charge is 0.346 e. The molecule has 0 saturated carbocycles. The Morgan fingerprint density at radius 2 is 1.46 bits per heavy atom. The summed E-state index contributed by atoms with van der Waals surface area (Å²) < 4.78 is 0.898. The smallest absolute Gasteiger partial charge is 0.271 e. The number of aromatic nitrogens is 1. The quantitative estimate of drug-likeness (QED) is 0.458. The minimum Gasteiger partial charge on any atom is -0.346 e. The van der Waals surface area contributed by atoms with Crippen LogP contribution in [0.15, 0.2) is 88.7 Å². The minimum atomic E-state index is -0.352. The molecule has 1 aromatic heterocycles. The molecule has 0 aliphatic heterocycles. The number of benzene rings is 2. The first-order valence-corrected chi connectivity index (χ1v) is 9.29. The normalized spacial score (nSPS) is 11.0. The van der Waals surface area contributed by atoms with Crippen molar-refractivity contribution in [2.45, 2.75) is 0 Å². The van der Waals surface area contributed by atoms with Crippen LogP contribution in [-0.4, -0.2) is 29.1 Å². The summed E-state index contributed by atoms with van der Waals surface area (Å²) in [7, 11) is 0. The van der Waals surface area contributed by atoms with E-state index in [-0.39, 0.29) is 18.4 Å². The van der Waals surface area contributed by atoms with Gasteiger partial charge in [-0.25, -0.2) is 5.43 Å². The fourth-order valence-corrected chi connectivity index (χ4v) is 2.65. The number of rotatable bonds is 6. The first kappa shape index (κ1) is 19.4. The standard InChI is InChI=1S/C21H17BrN4O2/c22-18-8-6-16(7-9-18)20(27)24-14-19(15-4-2-1-3-5-15)25-26-21(28)17-10-12-23-13-11-17/h1-13H,14H2,(H,24,27)(H,26,28)/b25-19-. The van der Waals surface area contributed by atoms with Crippen molar-refractivity contribution in [1.29, 1.82) is 0 Å². The molecule has 0 unspecified atom stereocenters. The Bertz CT molecular complexity index is 974. The molecule has 140 valence electrons. The number of carbonyl (C=O) groups excluding carboxylic acids is 2. The zero-order valence-corrected chi connectivity index (χ0v) is 16.4. The van der Waals surface area contributed by atoms with E-state index in [9.17, 15) is 9.59 Å². The van der Waals surface area contributed by atoms with Gasteiger partial charge in [0.15, 0.2) is 0 Å². The van der Waals surface area contributed by atoms with Gasteiger partial charge in [0.2, 0.25) is 0 Å². The molecule has 0 bridgehead atoms. The van der Waals surface area contributed by atoms with Crippen LogP contribution in [0.2, 0.25) is 0 Å². The molecule has 0 saturated heterocycles. The van der Waals surface area contributed by atoms with Crippen LogP contribution in [-0.2, 0) is 0 Å². The van der Waals surface area contributed by atoms with E-state index in [1.54, 1.807) is 36.4 Å². The van der Waals surface area contributed by atoms with Crippen molar-refractivity contribution >= 4 is 33.5 Å². The van der Waals surface area contributed by atoms with Crippen LogP contribution in [0.1, 0.15) is 26.3 Å². The maximum atomic E-state index is 12.4. The van der Waals surface area contributed by atoms with Crippen LogP contribution < -0.4 is 10.7 Å². The summed E-state index contributed by atoms with van der Waals surface area (Å²) in [6.07, 6.45) is 3.07. The summed E-state index contributed by atoms with van der Waals surface area (Å²) >= 11 is 3.35. The lowest BCUT2D eigenvalue weighted by Gasteiger charge is -2.10. The Morgan fingerprint density at radius 1 is 0.821 bits per heavy atom. The fraction of sp³-hybridized carbons (Fsp3) is 0.0476. The van der Waals surface area contributed by atoms with Gasteiger partial charge in [0, 0.05) is 28.0 Å². The molecule has 0 fully saturated rings. The highest BCUT2D eigenvalue weighted by Gasteiger charge is 2.10. The Labute approximate surface area is 170 Å². The number of amides is 2. The molecule has 3 aromatic rings. The van der Waals surface area contributed by atoms with Crippen molar-refractivity contribution in [2.75, 3.05) is 6.54 Å². The number of carbonyl (C=O) groups is 2. The average Bonchev–Trinajstić information content (AvgIpc) is 2.75. The predicted octanol–water partition coefficient (Wildman–Crippen LogP) is 3.41. The van der Waals surface area contributed by atoms with Gasteiger partial charge in [-0.1, -0.05) is 46.3 Å². The lowest BCUT2D eigenvalue weighted by atomic mass is 10.1. The van der Waals surface area contributed by atoms with E-state index in [1.807, 2.05) is 30.3 Å². The SMILES string of the molecule is O=C(NC/C(=N/NC(=O)c1ccncc1)c1ccccc1)c1ccc(Br)cc1. The summed E-state index contributed by atoms with van der Waals surface area (Å²) in [5.41, 5.74) is 4.86. The van der Waals surface area contributed by atoms with E-state index in [1.165, 1.54) is 12.4 Å². The molecule has 7 heteroatoms. The highest BCUT2D eigenvalue weighted by Crippen LogP contribution is 2.10. The molecule has 2 N–H and O–H groups in total. The maximum Gasteiger partial charge on any atom is 0.271 e. The molecule has 0 spiro atoms. The molecule has 6 nitrogen and oxygen atoms in total. The molecular weight excluding hydrogens is 420 g/mol. The summed E-state index contributed by atoms with van der Waals surface area (Å²) in [4.78, 5) is 28.5. The number of pyridine rings is 1. The summed E-state index contributed by atoms with van der Waals surface area (Å²) in [6, 6.07) is 19.6. The van der Waals surface area contributed by atoms with Gasteiger partial charge in [-0.2, -0.15) is 5.10 Å². The van der Waals surface area contributed by atoms with Gasteiger partial charge in [-0.15, -0.1) is 0 Å². The molecule has 3 rings (SSSR count). The van der Waals surface area contributed by atoms with E-state index in [4.69, 9.17) is 0 Å². The van der Waals surface area contributed by atoms with Crippen LogP contribution >= 0.6 is 15.9 Å². The Hall–Kier alpha value is -3.32. The second kappa shape index (κ2) is 9.57. The second-order valence-electron chi connectivity index (χ2n) is 5.79. The maximum absolute atomic E-state index is 12.4. The van der Waals surface area contributed by atoms with Crippen molar-refractivity contribution in [3.05, 3.63) is 100 Å². The summed E-state index contributed by atoms with van der Waals surface area (Å²) in [5.74, 6) is -0.577. The van der Waals surface area contributed by atoms with Crippen molar-refractivity contribution in [3.8, 4) is 0 Å². The van der Waals surface area contributed by atoms with Gasteiger partial charge in [0.1, 0.15) is 0 Å². The van der Waals surface area contributed by atoms with Gasteiger partial charge in [-0.05, 0) is 42.0 Å². The monoisotopic (exact) mass is 436 g/mol. The minimum absolute atomic E-state index is 0.162. The third-order valence-electron chi connectivity index (χ3n) is 3.86. The molecular formula is C21H17BrN4O2. The third-order valence-corrected chi connectivity index (χ3v) is 4.39. The van der Waals surface area contributed by atoms with E-state index in [0.717, 1.165) is 10.0 Å². The lowest BCUT2D eigenvalue weighted by Crippen LogP contribution is -2.32. The van der Waals surface area contributed by atoms with Crippen LogP contribution in [0.4, 0.5) is 0 Å². The summed E-state index contributed by atoms with van der Waals surface area (Å²) in [6.45, 7) is 0.162. The number of hydrazone groups is 1.